The van der Waals surface area contributed by atoms with Gasteiger partial charge in [0.1, 0.15) is 11.5 Å². The van der Waals surface area contributed by atoms with E-state index in [4.69, 9.17) is 14.2 Å². The molecule has 1 heterocycles. The van der Waals surface area contributed by atoms with E-state index in [-0.39, 0.29) is 12.3 Å². The number of carbonyl (C=O) groups excluding carboxylic acids is 3. The second kappa shape index (κ2) is 11.6. The highest BCUT2D eigenvalue weighted by Crippen LogP contribution is 2.41. The van der Waals surface area contributed by atoms with Crippen LogP contribution in [-0.4, -0.2) is 38.6 Å². The number of ether oxygens (including phenoxy) is 3. The summed E-state index contributed by atoms with van der Waals surface area (Å²) in [5.41, 5.74) is 3.09. The summed E-state index contributed by atoms with van der Waals surface area (Å²) in [4.78, 5) is 40.5. The number of hydrogen-bond acceptors (Lipinski definition) is 6. The molecule has 192 valence electrons. The van der Waals surface area contributed by atoms with Crippen molar-refractivity contribution in [1.82, 2.24) is 0 Å². The number of piperidine rings is 1. The van der Waals surface area contributed by atoms with Crippen molar-refractivity contribution < 1.29 is 28.6 Å². The Labute approximate surface area is 216 Å². The molecule has 0 aromatic heterocycles. The molecule has 1 N–H and O–H groups in total. The third-order valence-electron chi connectivity index (χ3n) is 6.39. The average Bonchev–Trinajstić information content (AvgIpc) is 2.93. The zero-order valence-corrected chi connectivity index (χ0v) is 21.1. The van der Waals surface area contributed by atoms with Crippen LogP contribution in [0.25, 0.3) is 0 Å². The smallest absolute Gasteiger partial charge is 0.311 e. The zero-order chi connectivity index (χ0) is 26.4. The lowest BCUT2D eigenvalue weighted by Gasteiger charge is -2.40. The molecule has 8 nitrogen and oxygen atoms in total. The fraction of sp³-hybridized carbons (Fsp3) is 0.276. The Morgan fingerprint density at radius 2 is 1.49 bits per heavy atom. The highest BCUT2D eigenvalue weighted by molar-refractivity contribution is 5.97. The number of rotatable bonds is 8. The molecule has 3 aromatic carbocycles. The van der Waals surface area contributed by atoms with Gasteiger partial charge in [0.2, 0.25) is 5.91 Å². The standard InChI is InChI=1S/C29H30N2O6/c1-19-4-8-21(9-5-19)30-26(32)18-37-29(34)25-16-17-27(33)31(22-10-14-24(36-3)15-11-22)28(25)20-6-12-23(35-2)13-7-20/h4-15,25,28H,16-18H2,1-3H3,(H,30,32)/t25-,28-/m1/s1. The van der Waals surface area contributed by atoms with Gasteiger partial charge in [-0.05, 0) is 67.4 Å². The number of carbonyl (C=O) groups is 3. The largest absolute Gasteiger partial charge is 0.497 e. The van der Waals surface area contributed by atoms with E-state index in [1.807, 2.05) is 31.2 Å². The van der Waals surface area contributed by atoms with Gasteiger partial charge < -0.3 is 24.4 Å². The molecule has 1 aliphatic heterocycles. The fourth-order valence-electron chi connectivity index (χ4n) is 4.45. The lowest BCUT2D eigenvalue weighted by molar-refractivity contribution is -0.153. The topological polar surface area (TPSA) is 94.2 Å². The normalized spacial score (nSPS) is 17.2. The maximum atomic E-state index is 13.3. The summed E-state index contributed by atoms with van der Waals surface area (Å²) in [5.74, 6) is -0.422. The summed E-state index contributed by atoms with van der Waals surface area (Å²) < 4.78 is 16.0. The number of anilines is 2. The fourth-order valence-corrected chi connectivity index (χ4v) is 4.45. The van der Waals surface area contributed by atoms with Gasteiger partial charge >= 0.3 is 5.97 Å². The van der Waals surface area contributed by atoms with Gasteiger partial charge in [0.15, 0.2) is 6.61 Å². The van der Waals surface area contributed by atoms with Crippen LogP contribution in [0.1, 0.15) is 30.0 Å². The first-order chi connectivity index (χ1) is 17.9. The average molecular weight is 503 g/mol. The number of methoxy groups -OCH3 is 2. The predicted molar refractivity (Wildman–Crippen MR) is 140 cm³/mol. The Kier molecular flexibility index (Phi) is 8.08. The molecule has 37 heavy (non-hydrogen) atoms. The second-order valence-corrected chi connectivity index (χ2v) is 8.85. The highest BCUT2D eigenvalue weighted by atomic mass is 16.5. The second-order valence-electron chi connectivity index (χ2n) is 8.85. The van der Waals surface area contributed by atoms with Crippen LogP contribution in [0, 0.1) is 12.8 Å². The molecule has 1 aliphatic rings. The molecule has 3 aromatic rings. The number of esters is 1. The zero-order valence-electron chi connectivity index (χ0n) is 21.1. The first-order valence-electron chi connectivity index (χ1n) is 12.0. The molecule has 2 atom stereocenters. The Bertz CT molecular complexity index is 1240. The van der Waals surface area contributed by atoms with Crippen LogP contribution in [0.4, 0.5) is 11.4 Å². The van der Waals surface area contributed by atoms with Crippen LogP contribution in [0.15, 0.2) is 72.8 Å². The summed E-state index contributed by atoms with van der Waals surface area (Å²) in [6.45, 7) is 1.53. The number of benzene rings is 3. The summed E-state index contributed by atoms with van der Waals surface area (Å²) in [6.07, 6.45) is 0.481. The van der Waals surface area contributed by atoms with E-state index in [1.165, 1.54) is 0 Å². The number of nitrogens with one attached hydrogen (secondary N) is 1. The molecular weight excluding hydrogens is 472 g/mol. The molecule has 0 bridgehead atoms. The van der Waals surface area contributed by atoms with E-state index in [2.05, 4.69) is 5.32 Å². The molecule has 2 amide bonds. The van der Waals surface area contributed by atoms with Crippen molar-refractivity contribution in [2.24, 2.45) is 5.92 Å². The van der Waals surface area contributed by atoms with E-state index < -0.39 is 30.4 Å². The Morgan fingerprint density at radius 1 is 0.892 bits per heavy atom. The van der Waals surface area contributed by atoms with E-state index in [1.54, 1.807) is 67.7 Å². The van der Waals surface area contributed by atoms with Crippen molar-refractivity contribution in [2.75, 3.05) is 31.0 Å². The molecule has 1 saturated heterocycles. The molecule has 8 heteroatoms. The molecule has 0 spiro atoms. The van der Waals surface area contributed by atoms with Crippen molar-refractivity contribution in [3.8, 4) is 11.5 Å². The molecule has 0 saturated carbocycles. The minimum absolute atomic E-state index is 0.104. The van der Waals surface area contributed by atoms with E-state index in [0.29, 0.717) is 29.3 Å². The highest BCUT2D eigenvalue weighted by Gasteiger charge is 2.42. The minimum Gasteiger partial charge on any atom is -0.497 e. The van der Waals surface area contributed by atoms with Crippen molar-refractivity contribution in [3.05, 3.63) is 83.9 Å². The van der Waals surface area contributed by atoms with Gasteiger partial charge in [0.05, 0.1) is 26.2 Å². The number of hydrogen-bond donors (Lipinski definition) is 1. The molecule has 1 fully saturated rings. The third-order valence-corrected chi connectivity index (χ3v) is 6.39. The summed E-state index contributed by atoms with van der Waals surface area (Å²) in [6, 6.07) is 21.1. The van der Waals surface area contributed by atoms with Crippen molar-refractivity contribution >= 4 is 29.2 Å². The van der Waals surface area contributed by atoms with E-state index in [0.717, 1.165) is 11.1 Å². The van der Waals surface area contributed by atoms with Gasteiger partial charge in [0, 0.05) is 17.8 Å². The molecule has 0 aliphatic carbocycles. The van der Waals surface area contributed by atoms with Gasteiger partial charge in [0.25, 0.3) is 5.91 Å². The van der Waals surface area contributed by atoms with Gasteiger partial charge in [-0.25, -0.2) is 0 Å². The SMILES string of the molecule is COc1ccc([C@@H]2[C@H](C(=O)OCC(=O)Nc3ccc(C)cc3)CCC(=O)N2c2ccc(OC)cc2)cc1. The Balaban J connectivity index is 1.56. The first kappa shape index (κ1) is 25.8. The lowest BCUT2D eigenvalue weighted by atomic mass is 9.83. The summed E-state index contributed by atoms with van der Waals surface area (Å²) in [7, 11) is 3.15. The quantitative estimate of drug-likeness (QED) is 0.450. The molecule has 0 radical (unpaired) electrons. The Hall–Kier alpha value is -4.33. The Morgan fingerprint density at radius 3 is 2.08 bits per heavy atom. The van der Waals surface area contributed by atoms with Crippen molar-refractivity contribution in [2.45, 2.75) is 25.8 Å². The number of nitrogens with zero attached hydrogens (tertiary/aromatic N) is 1. The maximum Gasteiger partial charge on any atom is 0.311 e. The summed E-state index contributed by atoms with van der Waals surface area (Å²) in [5, 5.41) is 2.73. The van der Waals surface area contributed by atoms with Crippen LogP contribution in [0.5, 0.6) is 11.5 Å². The van der Waals surface area contributed by atoms with Crippen LogP contribution in [-0.2, 0) is 19.1 Å². The van der Waals surface area contributed by atoms with Gasteiger partial charge in [-0.3, -0.25) is 14.4 Å². The van der Waals surface area contributed by atoms with Gasteiger partial charge in [-0.15, -0.1) is 0 Å². The van der Waals surface area contributed by atoms with E-state index >= 15 is 0 Å². The number of aryl methyl sites for hydroxylation is 1. The third kappa shape index (κ3) is 6.09. The van der Waals surface area contributed by atoms with Crippen LogP contribution >= 0.6 is 0 Å². The van der Waals surface area contributed by atoms with Crippen LogP contribution in [0.3, 0.4) is 0 Å². The number of amides is 2. The molecular formula is C29H30N2O6. The predicted octanol–water partition coefficient (Wildman–Crippen LogP) is 4.68. The van der Waals surface area contributed by atoms with Gasteiger partial charge in [-0.2, -0.15) is 0 Å². The molecule has 0 unspecified atom stereocenters. The van der Waals surface area contributed by atoms with E-state index in [9.17, 15) is 14.4 Å². The van der Waals surface area contributed by atoms with Crippen LogP contribution in [0.2, 0.25) is 0 Å². The van der Waals surface area contributed by atoms with Crippen LogP contribution < -0.4 is 19.7 Å². The maximum absolute atomic E-state index is 13.3. The molecule has 4 rings (SSSR count). The summed E-state index contributed by atoms with van der Waals surface area (Å²) >= 11 is 0. The van der Waals surface area contributed by atoms with Gasteiger partial charge in [-0.1, -0.05) is 29.8 Å². The monoisotopic (exact) mass is 502 g/mol. The van der Waals surface area contributed by atoms with Crippen molar-refractivity contribution in [3.63, 3.8) is 0 Å². The first-order valence-corrected chi connectivity index (χ1v) is 12.0. The lowest BCUT2D eigenvalue weighted by Crippen LogP contribution is -2.46. The minimum atomic E-state index is -0.666. The van der Waals surface area contributed by atoms with Crippen molar-refractivity contribution in [1.29, 1.82) is 0 Å².